The number of benzene rings is 1. The van der Waals surface area contributed by atoms with Crippen LogP contribution in [0.2, 0.25) is 0 Å². The van der Waals surface area contributed by atoms with Crippen LogP contribution in [0, 0.1) is 13.8 Å². The third kappa shape index (κ3) is 6.52. The van der Waals surface area contributed by atoms with Crippen molar-refractivity contribution in [3.63, 3.8) is 0 Å². The fourth-order valence-corrected chi connectivity index (χ4v) is 5.11. The van der Waals surface area contributed by atoms with Crippen molar-refractivity contribution in [2.45, 2.75) is 39.1 Å². The second kappa shape index (κ2) is 12.4. The van der Waals surface area contributed by atoms with Gasteiger partial charge in [-0.05, 0) is 44.0 Å². The van der Waals surface area contributed by atoms with E-state index < -0.39 is 17.8 Å². The first kappa shape index (κ1) is 27.0. The minimum atomic E-state index is -0.684. The van der Waals surface area contributed by atoms with E-state index in [0.29, 0.717) is 23.1 Å². The molecule has 2 heterocycles. The summed E-state index contributed by atoms with van der Waals surface area (Å²) in [5.74, 6) is -0.422. The molecular formula is C24H27N5O5S2. The Morgan fingerprint density at radius 1 is 1.28 bits per heavy atom. The molecule has 36 heavy (non-hydrogen) atoms. The zero-order valence-electron chi connectivity index (χ0n) is 20.2. The van der Waals surface area contributed by atoms with Gasteiger partial charge in [-0.2, -0.15) is 0 Å². The number of thiophene rings is 1. The van der Waals surface area contributed by atoms with Crippen molar-refractivity contribution in [3.8, 4) is 5.75 Å². The van der Waals surface area contributed by atoms with Gasteiger partial charge in [0, 0.05) is 6.54 Å². The summed E-state index contributed by atoms with van der Waals surface area (Å²) in [6.07, 6.45) is 1.70. The minimum absolute atomic E-state index is 0.0148. The second-order valence-electron chi connectivity index (χ2n) is 7.59. The Kier molecular flexibility index (Phi) is 9.25. The van der Waals surface area contributed by atoms with E-state index in [1.165, 1.54) is 11.8 Å². The molecule has 10 nitrogen and oxygen atoms in total. The van der Waals surface area contributed by atoms with Gasteiger partial charge in [0.1, 0.15) is 17.4 Å². The van der Waals surface area contributed by atoms with Gasteiger partial charge in [0.25, 0.3) is 5.91 Å². The number of amides is 2. The molecule has 0 atom stereocenters. The van der Waals surface area contributed by atoms with Crippen LogP contribution in [0.15, 0.2) is 42.1 Å². The number of hydrogen-bond acceptors (Lipinski definition) is 9. The summed E-state index contributed by atoms with van der Waals surface area (Å²) in [5, 5.41) is 11.8. The molecule has 0 spiro atoms. The van der Waals surface area contributed by atoms with Crippen molar-refractivity contribution in [2.24, 2.45) is 5.73 Å². The highest BCUT2D eigenvalue weighted by Crippen LogP contribution is 2.34. The standard InChI is InChI=1S/C24H27N5O5S2/c1-5-10-29-17(12-34-16-9-7-8-14(3)11-16)27-28-24(29)35-13-18(30)26-22-19(23(32)33-6-2)15(4)20(36-22)21(25)31/h5,7-9,11H,1,6,10,12-13H2,2-4H3,(H2,25,31)(H,26,30). The number of nitrogens with zero attached hydrogens (tertiary/aromatic N) is 3. The predicted molar refractivity (Wildman–Crippen MR) is 139 cm³/mol. The summed E-state index contributed by atoms with van der Waals surface area (Å²) >= 11 is 2.11. The molecule has 0 aliphatic carbocycles. The van der Waals surface area contributed by atoms with Crippen molar-refractivity contribution < 1.29 is 23.9 Å². The maximum Gasteiger partial charge on any atom is 0.341 e. The smallest absolute Gasteiger partial charge is 0.341 e. The first-order valence-electron chi connectivity index (χ1n) is 11.0. The van der Waals surface area contributed by atoms with Gasteiger partial charge in [0.2, 0.25) is 5.91 Å². The molecule has 3 N–H and O–H groups in total. The van der Waals surface area contributed by atoms with E-state index in [-0.39, 0.29) is 34.4 Å². The molecule has 2 amide bonds. The fourth-order valence-electron chi connectivity index (χ4n) is 3.28. The molecule has 0 radical (unpaired) electrons. The number of aromatic nitrogens is 3. The molecule has 0 aliphatic heterocycles. The van der Waals surface area contributed by atoms with Gasteiger partial charge >= 0.3 is 5.97 Å². The lowest BCUT2D eigenvalue weighted by molar-refractivity contribution is -0.113. The van der Waals surface area contributed by atoms with Crippen LogP contribution < -0.4 is 15.8 Å². The van der Waals surface area contributed by atoms with Gasteiger partial charge in [0.05, 0.1) is 22.8 Å². The molecule has 3 rings (SSSR count). The van der Waals surface area contributed by atoms with Crippen LogP contribution >= 0.6 is 23.1 Å². The van der Waals surface area contributed by atoms with E-state index in [2.05, 4.69) is 22.1 Å². The molecule has 0 saturated carbocycles. The largest absolute Gasteiger partial charge is 0.486 e. The van der Waals surface area contributed by atoms with Gasteiger partial charge < -0.3 is 20.5 Å². The van der Waals surface area contributed by atoms with Gasteiger partial charge in [0.15, 0.2) is 11.0 Å². The average molecular weight is 530 g/mol. The molecule has 12 heteroatoms. The van der Waals surface area contributed by atoms with E-state index in [1.54, 1.807) is 19.9 Å². The molecule has 0 unspecified atom stereocenters. The van der Waals surface area contributed by atoms with E-state index in [0.717, 1.165) is 22.6 Å². The summed E-state index contributed by atoms with van der Waals surface area (Å²) in [6.45, 7) is 9.80. The Morgan fingerprint density at radius 3 is 2.72 bits per heavy atom. The molecule has 0 aliphatic rings. The summed E-state index contributed by atoms with van der Waals surface area (Å²) in [5.41, 5.74) is 7.00. The molecule has 3 aromatic rings. The Labute approximate surface area is 216 Å². The number of allylic oxidation sites excluding steroid dienone is 1. The van der Waals surface area contributed by atoms with Gasteiger partial charge in [-0.1, -0.05) is 30.0 Å². The number of primary amides is 1. The fraction of sp³-hybridized carbons (Fsp3) is 0.292. The first-order valence-corrected chi connectivity index (χ1v) is 12.8. The first-order chi connectivity index (χ1) is 17.2. The molecule has 0 saturated heterocycles. The Hall–Kier alpha value is -3.64. The van der Waals surface area contributed by atoms with Crippen LogP contribution in [-0.2, 0) is 22.7 Å². The zero-order chi connectivity index (χ0) is 26.2. The maximum absolute atomic E-state index is 12.7. The molecule has 0 bridgehead atoms. The summed E-state index contributed by atoms with van der Waals surface area (Å²) in [4.78, 5) is 37.1. The van der Waals surface area contributed by atoms with Crippen molar-refractivity contribution in [1.82, 2.24) is 14.8 Å². The number of aryl methyl sites for hydroxylation is 1. The number of thioether (sulfide) groups is 1. The van der Waals surface area contributed by atoms with E-state index in [9.17, 15) is 14.4 Å². The monoisotopic (exact) mass is 529 g/mol. The van der Waals surface area contributed by atoms with E-state index >= 15 is 0 Å². The van der Waals surface area contributed by atoms with Crippen LogP contribution in [0.4, 0.5) is 5.00 Å². The highest BCUT2D eigenvalue weighted by Gasteiger charge is 2.26. The lowest BCUT2D eigenvalue weighted by Crippen LogP contribution is -2.17. The van der Waals surface area contributed by atoms with Crippen molar-refractivity contribution in [2.75, 3.05) is 17.7 Å². The number of nitrogens with one attached hydrogen (secondary N) is 1. The lowest BCUT2D eigenvalue weighted by atomic mass is 10.1. The topological polar surface area (TPSA) is 138 Å². The van der Waals surface area contributed by atoms with Gasteiger partial charge in [-0.15, -0.1) is 28.1 Å². The molecular weight excluding hydrogens is 502 g/mol. The second-order valence-corrected chi connectivity index (χ2v) is 9.55. The highest BCUT2D eigenvalue weighted by molar-refractivity contribution is 7.99. The number of carbonyl (C=O) groups excluding carboxylic acids is 3. The normalized spacial score (nSPS) is 10.6. The number of nitrogens with two attached hydrogens (primary N) is 1. The van der Waals surface area contributed by atoms with Crippen LogP contribution in [0.25, 0.3) is 0 Å². The van der Waals surface area contributed by atoms with Crippen LogP contribution in [0.3, 0.4) is 0 Å². The Bertz CT molecular complexity index is 1280. The number of anilines is 1. The van der Waals surface area contributed by atoms with Crippen molar-refractivity contribution >= 4 is 45.9 Å². The van der Waals surface area contributed by atoms with Crippen molar-refractivity contribution in [1.29, 1.82) is 0 Å². The summed E-state index contributed by atoms with van der Waals surface area (Å²) < 4.78 is 12.7. The van der Waals surface area contributed by atoms with Crippen molar-refractivity contribution in [3.05, 3.63) is 64.3 Å². The third-order valence-electron chi connectivity index (χ3n) is 4.90. The quantitative estimate of drug-likeness (QED) is 0.206. The molecule has 1 aromatic carbocycles. The summed E-state index contributed by atoms with van der Waals surface area (Å²) in [7, 11) is 0. The molecule has 0 fully saturated rings. The van der Waals surface area contributed by atoms with Crippen LogP contribution in [-0.4, -0.2) is 44.9 Å². The van der Waals surface area contributed by atoms with E-state index in [1.807, 2.05) is 35.8 Å². The third-order valence-corrected chi connectivity index (χ3v) is 7.09. The Morgan fingerprint density at radius 2 is 2.06 bits per heavy atom. The average Bonchev–Trinajstić information content (AvgIpc) is 3.37. The molecule has 2 aromatic heterocycles. The number of ether oxygens (including phenoxy) is 2. The summed E-state index contributed by atoms with van der Waals surface area (Å²) in [6, 6.07) is 7.68. The maximum atomic E-state index is 12.7. The number of carbonyl (C=O) groups is 3. The number of hydrogen-bond donors (Lipinski definition) is 2. The zero-order valence-corrected chi connectivity index (χ0v) is 21.8. The van der Waals surface area contributed by atoms with Crippen LogP contribution in [0.5, 0.6) is 5.75 Å². The Balaban J connectivity index is 1.70. The SMILES string of the molecule is C=CCn1c(COc2cccc(C)c2)nnc1SCC(=O)Nc1sc(C(N)=O)c(C)c1C(=O)OCC. The number of esters is 1. The molecule has 190 valence electrons. The number of rotatable bonds is 12. The predicted octanol–water partition coefficient (Wildman–Crippen LogP) is 3.73. The minimum Gasteiger partial charge on any atom is -0.486 e. The lowest BCUT2D eigenvalue weighted by Gasteiger charge is -2.10. The van der Waals surface area contributed by atoms with Crippen LogP contribution in [0.1, 0.15) is 43.9 Å². The van der Waals surface area contributed by atoms with Gasteiger partial charge in [-0.3, -0.25) is 14.2 Å². The highest BCUT2D eigenvalue weighted by atomic mass is 32.2. The van der Waals surface area contributed by atoms with Gasteiger partial charge in [-0.25, -0.2) is 4.79 Å². The van der Waals surface area contributed by atoms with E-state index in [4.69, 9.17) is 15.2 Å².